The Morgan fingerprint density at radius 2 is 2.12 bits per heavy atom. The van der Waals surface area contributed by atoms with E-state index >= 15 is 0 Å². The van der Waals surface area contributed by atoms with Gasteiger partial charge in [0, 0.05) is 10.8 Å². The van der Waals surface area contributed by atoms with Crippen molar-refractivity contribution >= 4 is 35.5 Å². The van der Waals surface area contributed by atoms with Crippen molar-refractivity contribution in [3.8, 4) is 5.75 Å². The van der Waals surface area contributed by atoms with E-state index in [1.54, 1.807) is 13.3 Å². The smallest absolute Gasteiger partial charge is 0.264 e. The van der Waals surface area contributed by atoms with Crippen LogP contribution in [0, 0.1) is 0 Å². The monoisotopic (exact) mass is 388 g/mol. The summed E-state index contributed by atoms with van der Waals surface area (Å²) in [4.78, 5) is 0. The van der Waals surface area contributed by atoms with Crippen LogP contribution in [0.2, 0.25) is 5.02 Å². The van der Waals surface area contributed by atoms with E-state index in [2.05, 4.69) is 20.7 Å². The summed E-state index contributed by atoms with van der Waals surface area (Å²) >= 11 is 7.60. The third-order valence-electron chi connectivity index (χ3n) is 3.45. The molecule has 0 fully saturated rings. The molecule has 0 aliphatic heterocycles. The number of nitrogens with one attached hydrogen (secondary N) is 1. The number of aromatic nitrogens is 3. The van der Waals surface area contributed by atoms with E-state index in [4.69, 9.17) is 22.2 Å². The number of benzene rings is 2. The van der Waals surface area contributed by atoms with Gasteiger partial charge in [-0.2, -0.15) is 5.10 Å². The number of hydrogen-bond donors (Lipinski definition) is 2. The van der Waals surface area contributed by atoms with Crippen molar-refractivity contribution in [1.29, 1.82) is 0 Å². The number of hydrazone groups is 1. The highest BCUT2D eigenvalue weighted by molar-refractivity contribution is 7.98. The van der Waals surface area contributed by atoms with E-state index in [1.807, 2.05) is 48.5 Å². The van der Waals surface area contributed by atoms with E-state index in [1.165, 1.54) is 16.4 Å². The second kappa shape index (κ2) is 8.59. The third-order valence-corrected chi connectivity index (χ3v) is 4.81. The molecule has 0 aliphatic carbocycles. The van der Waals surface area contributed by atoms with Crippen LogP contribution in [-0.4, -0.2) is 28.2 Å². The van der Waals surface area contributed by atoms with Gasteiger partial charge in [0.2, 0.25) is 5.16 Å². The van der Waals surface area contributed by atoms with Gasteiger partial charge in [0.25, 0.3) is 5.95 Å². The average Bonchev–Trinajstić information content (AvgIpc) is 3.01. The molecule has 0 atom stereocenters. The fraction of sp³-hybridized carbons (Fsp3) is 0.118. The first-order valence-electron chi connectivity index (χ1n) is 7.67. The van der Waals surface area contributed by atoms with Crippen LogP contribution in [0.4, 0.5) is 5.95 Å². The van der Waals surface area contributed by atoms with Crippen molar-refractivity contribution in [2.45, 2.75) is 10.9 Å². The maximum Gasteiger partial charge on any atom is 0.264 e. The SMILES string of the molecule is COc1cccc(/C=N/Nc2nnc(SCc3ccccc3Cl)n2N)c1. The lowest BCUT2D eigenvalue weighted by Gasteiger charge is -2.04. The van der Waals surface area contributed by atoms with Crippen LogP contribution in [-0.2, 0) is 5.75 Å². The number of hydrogen-bond acceptors (Lipinski definition) is 7. The normalized spacial score (nSPS) is 11.0. The Morgan fingerprint density at radius 1 is 1.27 bits per heavy atom. The summed E-state index contributed by atoms with van der Waals surface area (Å²) in [6, 6.07) is 15.2. The second-order valence-electron chi connectivity index (χ2n) is 5.20. The first kappa shape index (κ1) is 18.1. The Labute approximate surface area is 160 Å². The van der Waals surface area contributed by atoms with E-state index in [0.717, 1.165) is 16.9 Å². The molecule has 0 radical (unpaired) electrons. The summed E-state index contributed by atoms with van der Waals surface area (Å²) in [7, 11) is 1.62. The number of halogens is 1. The highest BCUT2D eigenvalue weighted by Gasteiger charge is 2.10. The standard InChI is InChI=1S/C17H17ClN6OS/c1-25-14-7-4-5-12(9-14)10-20-21-16-22-23-17(24(16)19)26-11-13-6-2-3-8-15(13)18/h2-10H,11,19H2,1H3,(H,21,22)/b20-10+. The summed E-state index contributed by atoms with van der Waals surface area (Å²) in [5.41, 5.74) is 4.67. The van der Waals surface area contributed by atoms with E-state index in [-0.39, 0.29) is 0 Å². The van der Waals surface area contributed by atoms with Crippen molar-refractivity contribution in [1.82, 2.24) is 14.9 Å². The zero-order valence-corrected chi connectivity index (χ0v) is 15.5. The van der Waals surface area contributed by atoms with Crippen molar-refractivity contribution in [3.05, 3.63) is 64.7 Å². The molecule has 9 heteroatoms. The van der Waals surface area contributed by atoms with Gasteiger partial charge < -0.3 is 10.6 Å². The molecule has 26 heavy (non-hydrogen) atoms. The molecule has 3 aromatic rings. The molecule has 0 amide bonds. The predicted octanol–water partition coefficient (Wildman–Crippen LogP) is 3.39. The van der Waals surface area contributed by atoms with E-state index < -0.39 is 0 Å². The molecule has 0 saturated carbocycles. The predicted molar refractivity (Wildman–Crippen MR) is 105 cm³/mol. The zero-order valence-electron chi connectivity index (χ0n) is 14.0. The topological polar surface area (TPSA) is 90.3 Å². The van der Waals surface area contributed by atoms with E-state index in [0.29, 0.717) is 21.9 Å². The fourth-order valence-electron chi connectivity index (χ4n) is 2.10. The van der Waals surface area contributed by atoms with Crippen LogP contribution in [0.15, 0.2) is 58.8 Å². The van der Waals surface area contributed by atoms with Crippen molar-refractivity contribution < 1.29 is 4.74 Å². The first-order chi connectivity index (χ1) is 12.7. The lowest BCUT2D eigenvalue weighted by Crippen LogP contribution is -2.13. The Bertz CT molecular complexity index is 914. The zero-order chi connectivity index (χ0) is 18.4. The molecule has 2 aromatic carbocycles. The molecule has 0 bridgehead atoms. The molecule has 134 valence electrons. The molecular weight excluding hydrogens is 372 g/mol. The molecule has 3 rings (SSSR count). The molecule has 3 N–H and O–H groups in total. The van der Waals surface area contributed by atoms with Crippen LogP contribution < -0.4 is 16.0 Å². The Morgan fingerprint density at radius 3 is 2.92 bits per heavy atom. The van der Waals surface area contributed by atoms with E-state index in [9.17, 15) is 0 Å². The number of thioether (sulfide) groups is 1. The average molecular weight is 389 g/mol. The van der Waals surface area contributed by atoms with Gasteiger partial charge in [0.1, 0.15) is 5.75 Å². The summed E-state index contributed by atoms with van der Waals surface area (Å²) in [5, 5.41) is 13.5. The van der Waals surface area contributed by atoms with Gasteiger partial charge in [-0.25, -0.2) is 10.1 Å². The number of rotatable bonds is 7. The van der Waals surface area contributed by atoms with Crippen molar-refractivity contribution in [2.24, 2.45) is 5.10 Å². The summed E-state index contributed by atoms with van der Waals surface area (Å²) in [5.74, 6) is 7.75. The third kappa shape index (κ3) is 4.47. The second-order valence-corrected chi connectivity index (χ2v) is 6.55. The molecule has 1 aromatic heterocycles. The molecular formula is C17H17ClN6OS. The Balaban J connectivity index is 1.61. The Hall–Kier alpha value is -2.71. The van der Waals surface area contributed by atoms with Gasteiger partial charge in [0.05, 0.1) is 13.3 Å². The highest BCUT2D eigenvalue weighted by atomic mass is 35.5. The van der Waals surface area contributed by atoms with Crippen molar-refractivity contribution in [3.63, 3.8) is 0 Å². The molecule has 7 nitrogen and oxygen atoms in total. The summed E-state index contributed by atoms with van der Waals surface area (Å²) in [6.45, 7) is 0. The Kier molecular flexibility index (Phi) is 5.98. The number of nitrogen functional groups attached to an aromatic ring is 1. The van der Waals surface area contributed by atoms with Crippen LogP contribution in [0.1, 0.15) is 11.1 Å². The molecule has 0 saturated heterocycles. The summed E-state index contributed by atoms with van der Waals surface area (Å²) < 4.78 is 6.52. The van der Waals surface area contributed by atoms with Crippen molar-refractivity contribution in [2.75, 3.05) is 18.4 Å². The van der Waals surface area contributed by atoms with Gasteiger partial charge in [-0.15, -0.1) is 10.2 Å². The number of methoxy groups -OCH3 is 1. The maximum absolute atomic E-state index is 6.16. The minimum atomic E-state index is 0.339. The number of ether oxygens (including phenoxy) is 1. The molecule has 1 heterocycles. The first-order valence-corrected chi connectivity index (χ1v) is 9.03. The molecule has 0 aliphatic rings. The van der Waals surface area contributed by atoms with Crippen LogP contribution in [0.25, 0.3) is 0 Å². The highest BCUT2D eigenvalue weighted by Crippen LogP contribution is 2.25. The molecule has 0 spiro atoms. The number of nitrogens with two attached hydrogens (primary N) is 1. The fourth-order valence-corrected chi connectivity index (χ4v) is 3.24. The number of anilines is 1. The number of nitrogens with zero attached hydrogens (tertiary/aromatic N) is 4. The van der Waals surface area contributed by atoms with Gasteiger partial charge >= 0.3 is 0 Å². The molecule has 0 unspecified atom stereocenters. The maximum atomic E-state index is 6.16. The minimum Gasteiger partial charge on any atom is -0.497 e. The summed E-state index contributed by atoms with van der Waals surface area (Å²) in [6.07, 6.45) is 1.65. The van der Waals surface area contributed by atoms with Crippen LogP contribution in [0.3, 0.4) is 0 Å². The minimum absolute atomic E-state index is 0.339. The lowest BCUT2D eigenvalue weighted by molar-refractivity contribution is 0.415. The van der Waals surface area contributed by atoms with Gasteiger partial charge in [-0.1, -0.05) is 53.7 Å². The van der Waals surface area contributed by atoms with Gasteiger partial charge in [-0.05, 0) is 29.3 Å². The van der Waals surface area contributed by atoms with Crippen LogP contribution in [0.5, 0.6) is 5.75 Å². The quantitative estimate of drug-likeness (QED) is 0.279. The lowest BCUT2D eigenvalue weighted by atomic mass is 10.2. The van der Waals surface area contributed by atoms with Gasteiger partial charge in [-0.3, -0.25) is 0 Å². The largest absolute Gasteiger partial charge is 0.497 e. The van der Waals surface area contributed by atoms with Crippen LogP contribution >= 0.6 is 23.4 Å². The van der Waals surface area contributed by atoms with Gasteiger partial charge in [0.15, 0.2) is 0 Å².